The number of amides is 2. The predicted octanol–water partition coefficient (Wildman–Crippen LogP) is 4.18. The Labute approximate surface area is 145 Å². The number of nitrogens with one attached hydrogen (secondary N) is 2. The molecule has 2 amide bonds. The summed E-state index contributed by atoms with van der Waals surface area (Å²) < 4.78 is 5.13. The van der Waals surface area contributed by atoms with E-state index in [9.17, 15) is 9.59 Å². The van der Waals surface area contributed by atoms with Gasteiger partial charge in [-0.05, 0) is 42.5 Å². The molecule has 0 spiro atoms. The zero-order valence-electron chi connectivity index (χ0n) is 13.3. The molecule has 3 rings (SSSR count). The Morgan fingerprint density at radius 3 is 2.36 bits per heavy atom. The van der Waals surface area contributed by atoms with E-state index >= 15 is 0 Å². The maximum atomic E-state index is 12.5. The fraction of sp³-hybridized carbons (Fsp3) is 0. The van der Waals surface area contributed by atoms with E-state index in [-0.39, 0.29) is 11.8 Å². The lowest BCUT2D eigenvalue weighted by molar-refractivity contribution is -0.111. The van der Waals surface area contributed by atoms with Gasteiger partial charge in [-0.15, -0.1) is 0 Å². The Morgan fingerprint density at radius 1 is 0.840 bits per heavy atom. The number of hydrogen-bond donors (Lipinski definition) is 2. The van der Waals surface area contributed by atoms with Gasteiger partial charge in [-0.3, -0.25) is 9.59 Å². The second-order valence-electron chi connectivity index (χ2n) is 5.20. The first-order valence-corrected chi connectivity index (χ1v) is 7.70. The van der Waals surface area contributed by atoms with E-state index in [1.54, 1.807) is 54.6 Å². The van der Waals surface area contributed by atoms with Crippen LogP contribution in [0.1, 0.15) is 16.1 Å². The minimum absolute atomic E-state index is 0.294. The van der Waals surface area contributed by atoms with Crippen LogP contribution in [-0.2, 0) is 4.79 Å². The summed E-state index contributed by atoms with van der Waals surface area (Å²) >= 11 is 0. The highest BCUT2D eigenvalue weighted by Crippen LogP contribution is 2.17. The number of benzene rings is 2. The number of anilines is 2. The van der Waals surface area contributed by atoms with Gasteiger partial charge in [0, 0.05) is 11.8 Å². The fourth-order valence-electron chi connectivity index (χ4n) is 2.23. The Bertz CT molecular complexity index is 884. The van der Waals surface area contributed by atoms with Crippen molar-refractivity contribution in [1.29, 1.82) is 0 Å². The van der Waals surface area contributed by atoms with Crippen LogP contribution in [0.5, 0.6) is 0 Å². The summed E-state index contributed by atoms with van der Waals surface area (Å²) in [5.41, 5.74) is 1.50. The van der Waals surface area contributed by atoms with Crippen LogP contribution in [0, 0.1) is 0 Å². The maximum absolute atomic E-state index is 12.5. The van der Waals surface area contributed by atoms with Crippen molar-refractivity contribution in [3.05, 3.63) is 90.4 Å². The second kappa shape index (κ2) is 7.79. The molecule has 0 aliphatic heterocycles. The second-order valence-corrected chi connectivity index (χ2v) is 5.20. The molecule has 2 aromatic carbocycles. The number of carbonyl (C=O) groups is 2. The first-order valence-electron chi connectivity index (χ1n) is 7.70. The van der Waals surface area contributed by atoms with E-state index in [1.165, 1.54) is 12.3 Å². The minimum Gasteiger partial charge on any atom is -0.465 e. The molecule has 0 saturated carbocycles. The normalized spacial score (nSPS) is 10.6. The Morgan fingerprint density at radius 2 is 1.60 bits per heavy atom. The van der Waals surface area contributed by atoms with Gasteiger partial charge in [0.25, 0.3) is 5.91 Å². The van der Waals surface area contributed by atoms with Gasteiger partial charge in [-0.2, -0.15) is 0 Å². The highest BCUT2D eigenvalue weighted by atomic mass is 16.3. The van der Waals surface area contributed by atoms with Crippen LogP contribution in [0.4, 0.5) is 11.4 Å². The van der Waals surface area contributed by atoms with Crippen molar-refractivity contribution in [2.75, 3.05) is 10.6 Å². The number of para-hydroxylation sites is 2. The molecule has 0 saturated heterocycles. The largest absolute Gasteiger partial charge is 0.465 e. The van der Waals surface area contributed by atoms with Crippen LogP contribution in [0.25, 0.3) is 6.08 Å². The van der Waals surface area contributed by atoms with Crippen molar-refractivity contribution in [3.8, 4) is 0 Å². The molecular weight excluding hydrogens is 316 g/mol. The third-order valence-corrected chi connectivity index (χ3v) is 3.40. The Kier molecular flexibility index (Phi) is 5.07. The third-order valence-electron chi connectivity index (χ3n) is 3.40. The van der Waals surface area contributed by atoms with E-state index in [0.29, 0.717) is 22.7 Å². The summed E-state index contributed by atoms with van der Waals surface area (Å²) in [6, 6.07) is 19.4. The lowest BCUT2D eigenvalue weighted by Gasteiger charge is -2.10. The summed E-state index contributed by atoms with van der Waals surface area (Å²) in [4.78, 5) is 24.5. The van der Waals surface area contributed by atoms with Crippen LogP contribution in [0.2, 0.25) is 0 Å². The summed E-state index contributed by atoms with van der Waals surface area (Å²) in [5, 5.41) is 5.51. The van der Waals surface area contributed by atoms with Crippen molar-refractivity contribution in [3.63, 3.8) is 0 Å². The highest BCUT2D eigenvalue weighted by molar-refractivity contribution is 6.11. The molecule has 0 atom stereocenters. The molecule has 0 unspecified atom stereocenters. The lowest BCUT2D eigenvalue weighted by atomic mass is 10.1. The van der Waals surface area contributed by atoms with Gasteiger partial charge in [-0.1, -0.05) is 30.3 Å². The number of hydrogen-bond acceptors (Lipinski definition) is 3. The molecule has 0 radical (unpaired) electrons. The molecule has 0 bridgehead atoms. The average molecular weight is 332 g/mol. The highest BCUT2D eigenvalue weighted by Gasteiger charge is 2.12. The molecular formula is C20H16N2O3. The molecule has 5 nitrogen and oxygen atoms in total. The summed E-state index contributed by atoms with van der Waals surface area (Å²) in [7, 11) is 0. The van der Waals surface area contributed by atoms with Crippen molar-refractivity contribution in [2.45, 2.75) is 0 Å². The SMILES string of the molecule is O=C(/C=C/c1ccco1)Nc1ccccc1C(=O)Nc1ccccc1. The summed E-state index contributed by atoms with van der Waals surface area (Å²) in [6.45, 7) is 0. The zero-order valence-corrected chi connectivity index (χ0v) is 13.3. The molecule has 0 fully saturated rings. The van der Waals surface area contributed by atoms with Gasteiger partial charge in [0.05, 0.1) is 17.5 Å². The molecule has 5 heteroatoms. The Balaban J connectivity index is 1.72. The molecule has 1 aromatic heterocycles. The minimum atomic E-state index is -0.351. The quantitative estimate of drug-likeness (QED) is 0.688. The molecule has 0 aliphatic rings. The average Bonchev–Trinajstić information content (AvgIpc) is 3.15. The maximum Gasteiger partial charge on any atom is 0.257 e. The molecule has 124 valence electrons. The number of rotatable bonds is 5. The third kappa shape index (κ3) is 4.45. The van der Waals surface area contributed by atoms with Crippen LogP contribution in [-0.4, -0.2) is 11.8 Å². The number of furan rings is 1. The number of carbonyl (C=O) groups excluding carboxylic acids is 2. The first kappa shape index (κ1) is 16.3. The first-order chi connectivity index (χ1) is 12.2. The van der Waals surface area contributed by atoms with Crippen molar-refractivity contribution in [1.82, 2.24) is 0 Å². The summed E-state index contributed by atoms with van der Waals surface area (Å²) in [5.74, 6) is -0.0706. The monoisotopic (exact) mass is 332 g/mol. The van der Waals surface area contributed by atoms with E-state index in [0.717, 1.165) is 0 Å². The van der Waals surface area contributed by atoms with Crippen molar-refractivity contribution >= 4 is 29.3 Å². The van der Waals surface area contributed by atoms with E-state index < -0.39 is 0 Å². The topological polar surface area (TPSA) is 71.3 Å². The smallest absolute Gasteiger partial charge is 0.257 e. The molecule has 1 heterocycles. The van der Waals surface area contributed by atoms with E-state index in [1.807, 2.05) is 18.2 Å². The van der Waals surface area contributed by atoms with Crippen LogP contribution in [0.3, 0.4) is 0 Å². The van der Waals surface area contributed by atoms with Crippen LogP contribution in [0.15, 0.2) is 83.5 Å². The standard InChI is InChI=1S/C20H16N2O3/c23-19(13-12-16-9-6-14-25-16)22-18-11-5-4-10-17(18)20(24)21-15-7-2-1-3-8-15/h1-14H,(H,21,24)(H,22,23)/b13-12+. The Hall–Kier alpha value is -3.60. The van der Waals surface area contributed by atoms with E-state index in [4.69, 9.17) is 4.42 Å². The van der Waals surface area contributed by atoms with E-state index in [2.05, 4.69) is 10.6 Å². The van der Waals surface area contributed by atoms with Gasteiger partial charge >= 0.3 is 0 Å². The van der Waals surface area contributed by atoms with Gasteiger partial charge < -0.3 is 15.1 Å². The predicted molar refractivity (Wildman–Crippen MR) is 97.2 cm³/mol. The molecule has 3 aromatic rings. The molecule has 0 aliphatic carbocycles. The summed E-state index contributed by atoms with van der Waals surface area (Å²) in [6.07, 6.45) is 4.44. The van der Waals surface area contributed by atoms with Gasteiger partial charge in [-0.25, -0.2) is 0 Å². The van der Waals surface area contributed by atoms with Gasteiger partial charge in [0.1, 0.15) is 5.76 Å². The fourth-order valence-corrected chi connectivity index (χ4v) is 2.23. The lowest BCUT2D eigenvalue weighted by Crippen LogP contribution is -2.16. The van der Waals surface area contributed by atoms with Crippen molar-refractivity contribution in [2.24, 2.45) is 0 Å². The van der Waals surface area contributed by atoms with Crippen LogP contribution < -0.4 is 10.6 Å². The zero-order chi connectivity index (χ0) is 17.5. The van der Waals surface area contributed by atoms with Gasteiger partial charge in [0.2, 0.25) is 5.91 Å². The molecule has 2 N–H and O–H groups in total. The van der Waals surface area contributed by atoms with Gasteiger partial charge in [0.15, 0.2) is 0 Å². The van der Waals surface area contributed by atoms with Crippen molar-refractivity contribution < 1.29 is 14.0 Å². The van der Waals surface area contributed by atoms with Crippen LogP contribution >= 0.6 is 0 Å². The molecule has 25 heavy (non-hydrogen) atoms.